The maximum absolute atomic E-state index is 13.8. The zero-order chi connectivity index (χ0) is 27.3. The Morgan fingerprint density at radius 2 is 1.73 bits per heavy atom. The fourth-order valence-corrected chi connectivity index (χ4v) is 3.48. The van der Waals surface area contributed by atoms with Crippen LogP contribution in [-0.2, 0) is 12.8 Å². The van der Waals surface area contributed by atoms with Gasteiger partial charge in [-0.05, 0) is 65.7 Å². The van der Waals surface area contributed by atoms with Crippen LogP contribution in [0.15, 0.2) is 91.7 Å². The predicted octanol–water partition coefficient (Wildman–Crippen LogP) is 9.31. The van der Waals surface area contributed by atoms with E-state index in [0.717, 1.165) is 55.0 Å². The first-order valence-electron chi connectivity index (χ1n) is 12.2. The monoisotopic (exact) mass is 523 g/mol. The molecule has 1 unspecified atom stereocenters. The highest BCUT2D eigenvalue weighted by Crippen LogP contribution is 2.28. The summed E-state index contributed by atoms with van der Waals surface area (Å²) < 4.78 is 39.0. The Kier molecular flexibility index (Phi) is 12.2. The van der Waals surface area contributed by atoms with E-state index < -0.39 is 12.1 Å². The van der Waals surface area contributed by atoms with E-state index in [-0.39, 0.29) is 6.42 Å². The molecule has 0 aliphatic heterocycles. The molecule has 0 N–H and O–H groups in total. The smallest absolute Gasteiger partial charge is 0.246 e. The van der Waals surface area contributed by atoms with E-state index in [1.807, 2.05) is 30.3 Å². The van der Waals surface area contributed by atoms with E-state index in [0.29, 0.717) is 10.6 Å². The Balaban J connectivity index is 0.000000269. The molecule has 0 fully saturated rings. The first kappa shape index (κ1) is 29.9. The Labute approximate surface area is 224 Å². The normalized spacial score (nSPS) is 12.0. The Hall–Kier alpha value is -3.29. The van der Waals surface area contributed by atoms with Crippen LogP contribution in [0.3, 0.4) is 0 Å². The van der Waals surface area contributed by atoms with E-state index >= 15 is 0 Å². The van der Waals surface area contributed by atoms with Crippen molar-refractivity contribution >= 4 is 17.2 Å². The third kappa shape index (κ3) is 10.7. The van der Waals surface area contributed by atoms with E-state index in [4.69, 9.17) is 11.6 Å². The van der Waals surface area contributed by atoms with Crippen molar-refractivity contribution in [2.45, 2.75) is 58.0 Å². The molecule has 0 amide bonds. The average molecular weight is 524 g/mol. The number of pyridine rings is 1. The van der Waals surface area contributed by atoms with Crippen LogP contribution in [0.4, 0.5) is 13.2 Å². The molecule has 3 aromatic rings. The van der Waals surface area contributed by atoms with Gasteiger partial charge in [-0.1, -0.05) is 98.6 Å². The summed E-state index contributed by atoms with van der Waals surface area (Å²) in [5.74, 6) is 6.08. The van der Waals surface area contributed by atoms with Crippen LogP contribution in [0.5, 0.6) is 0 Å². The second-order valence-electron chi connectivity index (χ2n) is 8.97. The molecule has 0 saturated heterocycles. The Morgan fingerprint density at radius 1 is 1.03 bits per heavy atom. The second kappa shape index (κ2) is 15.1. The van der Waals surface area contributed by atoms with Crippen molar-refractivity contribution in [3.8, 4) is 11.8 Å². The number of unbranched alkanes of at least 4 members (excludes halogenated alkanes) is 1. The quantitative estimate of drug-likeness (QED) is 0.201. The first-order valence-corrected chi connectivity index (χ1v) is 12.6. The van der Waals surface area contributed by atoms with Crippen LogP contribution in [0, 0.1) is 11.8 Å². The fourth-order valence-electron chi connectivity index (χ4n) is 3.37. The molecule has 194 valence electrons. The highest BCUT2D eigenvalue weighted by Gasteiger charge is 2.35. The molecule has 37 heavy (non-hydrogen) atoms. The summed E-state index contributed by atoms with van der Waals surface area (Å²) in [7, 11) is 0. The molecule has 3 rings (SSSR count). The molecule has 1 heterocycles. The molecular formula is C32H33ClF3N. The number of allylic oxidation sites excluding steroid dienone is 2. The van der Waals surface area contributed by atoms with Crippen LogP contribution >= 0.6 is 11.6 Å². The molecule has 1 atom stereocenters. The number of rotatable bonds is 9. The van der Waals surface area contributed by atoms with Gasteiger partial charge >= 0.3 is 0 Å². The molecular weight excluding hydrogens is 491 g/mol. The molecule has 5 heteroatoms. The van der Waals surface area contributed by atoms with Gasteiger partial charge in [-0.3, -0.25) is 0 Å². The molecule has 2 aromatic carbocycles. The molecule has 1 aromatic heterocycles. The number of alkyl halides is 3. The van der Waals surface area contributed by atoms with Gasteiger partial charge in [0.2, 0.25) is 0 Å². The Bertz CT molecular complexity index is 1210. The summed E-state index contributed by atoms with van der Waals surface area (Å²) in [4.78, 5) is 4.10. The van der Waals surface area contributed by atoms with Gasteiger partial charge in [0.05, 0.1) is 5.02 Å². The number of hydrogen-bond donors (Lipinski definition) is 0. The van der Waals surface area contributed by atoms with Crippen molar-refractivity contribution in [2.24, 2.45) is 0 Å². The molecule has 0 spiro atoms. The molecule has 1 nitrogen and oxygen atoms in total. The van der Waals surface area contributed by atoms with Crippen LogP contribution in [0.1, 0.15) is 55.5 Å². The van der Waals surface area contributed by atoms with Crippen molar-refractivity contribution in [1.29, 1.82) is 0 Å². The number of halogens is 4. The van der Waals surface area contributed by atoms with Gasteiger partial charge in [0.25, 0.3) is 6.43 Å². The first-order chi connectivity index (χ1) is 17.6. The lowest BCUT2D eigenvalue weighted by molar-refractivity contribution is -0.0215. The molecule has 0 aliphatic carbocycles. The third-order valence-corrected chi connectivity index (χ3v) is 5.84. The minimum atomic E-state index is -3.00. The third-order valence-electron chi connectivity index (χ3n) is 5.62. The lowest BCUT2D eigenvalue weighted by Crippen LogP contribution is -2.30. The van der Waals surface area contributed by atoms with Crippen molar-refractivity contribution in [1.82, 2.24) is 4.98 Å². The van der Waals surface area contributed by atoms with Crippen LogP contribution in [-0.4, -0.2) is 17.1 Å². The number of benzene rings is 2. The minimum absolute atomic E-state index is 0.312. The van der Waals surface area contributed by atoms with Crippen molar-refractivity contribution in [2.75, 3.05) is 0 Å². The van der Waals surface area contributed by atoms with Crippen molar-refractivity contribution < 1.29 is 13.2 Å². The number of hydrogen-bond acceptors (Lipinski definition) is 1. The van der Waals surface area contributed by atoms with Gasteiger partial charge in [0, 0.05) is 19.0 Å². The highest BCUT2D eigenvalue weighted by molar-refractivity contribution is 6.30. The number of nitrogens with zero attached hydrogens (tertiary/aromatic N) is 1. The van der Waals surface area contributed by atoms with Gasteiger partial charge < -0.3 is 0 Å². The molecule has 0 saturated carbocycles. The summed E-state index contributed by atoms with van der Waals surface area (Å²) in [6.45, 7) is 11.0. The Morgan fingerprint density at radius 3 is 2.35 bits per heavy atom. The van der Waals surface area contributed by atoms with Gasteiger partial charge in [-0.25, -0.2) is 18.2 Å². The maximum Gasteiger partial charge on any atom is 0.272 e. The van der Waals surface area contributed by atoms with Crippen LogP contribution < -0.4 is 0 Å². The standard InChI is InChI=1S/C18H23F3.C14H10ClN/c1-5-6-8-13(2)14(3)16-10-7-9-15(11-16)12-18(4,21)17(19)20;15-13-9-10-14(16-11-13)8-4-7-12-5-2-1-3-6-12/h7,9-11,17H,2-3,5-6,8,12H2,1,4H3;1-3,5-6,9-11H,7H2. The summed E-state index contributed by atoms with van der Waals surface area (Å²) in [5.41, 5.74) is 2.54. The highest BCUT2D eigenvalue weighted by atomic mass is 35.5. The zero-order valence-electron chi connectivity index (χ0n) is 21.4. The second-order valence-corrected chi connectivity index (χ2v) is 9.40. The van der Waals surface area contributed by atoms with Gasteiger partial charge in [0.15, 0.2) is 5.67 Å². The van der Waals surface area contributed by atoms with Gasteiger partial charge in [-0.15, -0.1) is 0 Å². The van der Waals surface area contributed by atoms with E-state index in [1.165, 1.54) is 5.56 Å². The lowest BCUT2D eigenvalue weighted by Gasteiger charge is -2.20. The van der Waals surface area contributed by atoms with Gasteiger partial charge in [-0.2, -0.15) is 0 Å². The molecule has 0 bridgehead atoms. The lowest BCUT2D eigenvalue weighted by atomic mass is 9.92. The van der Waals surface area contributed by atoms with Crippen LogP contribution in [0.25, 0.3) is 5.57 Å². The summed E-state index contributed by atoms with van der Waals surface area (Å²) in [6, 6.07) is 20.7. The van der Waals surface area contributed by atoms with Crippen LogP contribution in [0.2, 0.25) is 5.02 Å². The van der Waals surface area contributed by atoms with Gasteiger partial charge in [0.1, 0.15) is 5.69 Å². The predicted molar refractivity (Wildman–Crippen MR) is 150 cm³/mol. The largest absolute Gasteiger partial charge is 0.272 e. The van der Waals surface area contributed by atoms with E-state index in [9.17, 15) is 13.2 Å². The summed E-state index contributed by atoms with van der Waals surface area (Å²) >= 11 is 5.73. The number of aromatic nitrogens is 1. The maximum atomic E-state index is 13.8. The fraction of sp³-hybridized carbons (Fsp3) is 0.281. The summed E-state index contributed by atoms with van der Waals surface area (Å²) in [6.07, 6.45) is 2.00. The zero-order valence-corrected chi connectivity index (χ0v) is 22.2. The summed E-state index contributed by atoms with van der Waals surface area (Å²) in [5, 5.41) is 0.633. The topological polar surface area (TPSA) is 12.9 Å². The van der Waals surface area contributed by atoms with Crippen molar-refractivity contribution in [3.63, 3.8) is 0 Å². The van der Waals surface area contributed by atoms with E-state index in [2.05, 4.69) is 49.0 Å². The molecule has 0 radical (unpaired) electrons. The average Bonchev–Trinajstić information content (AvgIpc) is 2.89. The molecule has 0 aliphatic rings. The van der Waals surface area contributed by atoms with E-state index in [1.54, 1.807) is 30.5 Å². The van der Waals surface area contributed by atoms with Crippen molar-refractivity contribution in [3.05, 3.63) is 119 Å². The minimum Gasteiger partial charge on any atom is -0.246 e. The SMILES string of the molecule is C=C(CCCC)C(=C)c1cccc(CC(C)(F)C(F)F)c1.Clc1ccc(C#CCc2ccccc2)nc1.